The molecular formula is C8H6F2N2O. The van der Waals surface area contributed by atoms with Gasteiger partial charge in [-0.3, -0.25) is 0 Å². The van der Waals surface area contributed by atoms with Crippen molar-refractivity contribution < 1.29 is 13.3 Å². The molecule has 0 bridgehead atoms. The Morgan fingerprint density at radius 3 is 2.85 bits per heavy atom. The van der Waals surface area contributed by atoms with Crippen LogP contribution in [-0.2, 0) is 0 Å². The minimum absolute atomic E-state index is 0.287. The van der Waals surface area contributed by atoms with Crippen LogP contribution in [0.1, 0.15) is 12.1 Å². The van der Waals surface area contributed by atoms with Crippen molar-refractivity contribution in [2.45, 2.75) is 6.43 Å². The van der Waals surface area contributed by atoms with E-state index in [2.05, 4.69) is 9.68 Å². The zero-order valence-corrected chi connectivity index (χ0v) is 6.50. The van der Waals surface area contributed by atoms with Gasteiger partial charge in [0, 0.05) is 11.8 Å². The molecular weight excluding hydrogens is 178 g/mol. The first-order chi connectivity index (χ1) is 6.18. The molecule has 0 amide bonds. The summed E-state index contributed by atoms with van der Waals surface area (Å²) in [5, 5.41) is 3.56. The highest BCUT2D eigenvalue weighted by Gasteiger charge is 2.16. The molecule has 0 fully saturated rings. The minimum atomic E-state index is -2.62. The molecule has 68 valence electrons. The van der Waals surface area contributed by atoms with Gasteiger partial charge in [0.2, 0.25) is 0 Å². The Hall–Kier alpha value is -1.65. The number of nitrogen functional groups attached to an aromatic ring is 1. The summed E-state index contributed by atoms with van der Waals surface area (Å²) in [5.41, 5.74) is 5.85. The third-order valence-electron chi connectivity index (χ3n) is 1.73. The maximum atomic E-state index is 12.3. The Bertz CT molecular complexity index is 439. The predicted molar refractivity (Wildman–Crippen MR) is 43.4 cm³/mol. The number of hydrogen-bond donors (Lipinski definition) is 1. The van der Waals surface area contributed by atoms with Gasteiger partial charge in [-0.1, -0.05) is 5.16 Å². The fourth-order valence-electron chi connectivity index (χ4n) is 1.13. The number of benzene rings is 1. The molecule has 0 aliphatic heterocycles. The van der Waals surface area contributed by atoms with Crippen LogP contribution in [0.2, 0.25) is 0 Å². The zero-order chi connectivity index (χ0) is 9.42. The number of rotatable bonds is 1. The van der Waals surface area contributed by atoms with Crippen molar-refractivity contribution in [3.05, 3.63) is 23.9 Å². The lowest BCUT2D eigenvalue weighted by Gasteiger charge is -1.92. The molecule has 2 N–H and O–H groups in total. The molecule has 2 rings (SSSR count). The first-order valence-electron chi connectivity index (χ1n) is 3.61. The Kier molecular flexibility index (Phi) is 1.65. The number of nitrogens with zero attached hydrogens (tertiary/aromatic N) is 1. The van der Waals surface area contributed by atoms with Crippen molar-refractivity contribution in [1.82, 2.24) is 5.16 Å². The van der Waals surface area contributed by atoms with Crippen LogP contribution >= 0.6 is 0 Å². The molecule has 0 saturated heterocycles. The fraction of sp³-hybridized carbons (Fsp3) is 0.125. The summed E-state index contributed by atoms with van der Waals surface area (Å²) in [7, 11) is 0. The number of aromatic nitrogens is 1. The molecule has 1 aromatic carbocycles. The van der Waals surface area contributed by atoms with Crippen molar-refractivity contribution in [3.8, 4) is 0 Å². The molecule has 1 aromatic heterocycles. The van der Waals surface area contributed by atoms with Gasteiger partial charge in [-0.05, 0) is 12.1 Å². The maximum absolute atomic E-state index is 12.3. The van der Waals surface area contributed by atoms with Crippen LogP contribution in [0.3, 0.4) is 0 Å². The average molecular weight is 184 g/mol. The molecule has 2 aromatic rings. The summed E-state index contributed by atoms with van der Waals surface area (Å²) >= 11 is 0. The maximum Gasteiger partial charge on any atom is 0.284 e. The number of anilines is 1. The minimum Gasteiger partial charge on any atom is -0.399 e. The largest absolute Gasteiger partial charge is 0.399 e. The van der Waals surface area contributed by atoms with Crippen LogP contribution in [0.5, 0.6) is 0 Å². The Balaban J connectivity index is 2.69. The second kappa shape index (κ2) is 2.69. The molecule has 0 aliphatic carbocycles. The van der Waals surface area contributed by atoms with Crippen LogP contribution in [0, 0.1) is 0 Å². The van der Waals surface area contributed by atoms with Crippen molar-refractivity contribution in [3.63, 3.8) is 0 Å². The smallest absolute Gasteiger partial charge is 0.284 e. The average Bonchev–Trinajstić information content (AvgIpc) is 2.46. The van der Waals surface area contributed by atoms with E-state index in [9.17, 15) is 8.78 Å². The lowest BCUT2D eigenvalue weighted by atomic mass is 10.2. The lowest BCUT2D eigenvalue weighted by molar-refractivity contribution is 0.142. The van der Waals surface area contributed by atoms with Crippen LogP contribution in [0.25, 0.3) is 11.0 Å². The lowest BCUT2D eigenvalue weighted by Crippen LogP contribution is -1.85. The molecule has 0 spiro atoms. The Morgan fingerprint density at radius 1 is 1.38 bits per heavy atom. The van der Waals surface area contributed by atoms with Gasteiger partial charge in [-0.25, -0.2) is 8.78 Å². The monoisotopic (exact) mass is 184 g/mol. The van der Waals surface area contributed by atoms with Gasteiger partial charge in [0.15, 0.2) is 11.3 Å². The highest BCUT2D eigenvalue weighted by Crippen LogP contribution is 2.27. The van der Waals surface area contributed by atoms with Crippen molar-refractivity contribution in [2.24, 2.45) is 0 Å². The van der Waals surface area contributed by atoms with E-state index in [0.717, 1.165) is 0 Å². The topological polar surface area (TPSA) is 52.0 Å². The summed E-state index contributed by atoms with van der Waals surface area (Å²) in [6.45, 7) is 0. The number of alkyl halides is 2. The molecule has 13 heavy (non-hydrogen) atoms. The van der Waals surface area contributed by atoms with Crippen LogP contribution in [0.4, 0.5) is 14.5 Å². The molecule has 1 heterocycles. The van der Waals surface area contributed by atoms with E-state index < -0.39 is 6.43 Å². The Morgan fingerprint density at radius 2 is 2.15 bits per heavy atom. The van der Waals surface area contributed by atoms with E-state index in [1.807, 2.05) is 0 Å². The number of fused-ring (bicyclic) bond motifs is 1. The SMILES string of the molecule is Nc1ccc2c(C(F)F)noc2c1. The molecule has 0 radical (unpaired) electrons. The number of hydrogen-bond acceptors (Lipinski definition) is 3. The fourth-order valence-corrected chi connectivity index (χ4v) is 1.13. The zero-order valence-electron chi connectivity index (χ0n) is 6.50. The van der Waals surface area contributed by atoms with Gasteiger partial charge in [0.25, 0.3) is 6.43 Å². The molecule has 0 aliphatic rings. The third-order valence-corrected chi connectivity index (χ3v) is 1.73. The van der Waals surface area contributed by atoms with E-state index in [4.69, 9.17) is 5.73 Å². The first kappa shape index (κ1) is 7.97. The molecule has 0 unspecified atom stereocenters. The third kappa shape index (κ3) is 1.22. The first-order valence-corrected chi connectivity index (χ1v) is 3.61. The van der Waals surface area contributed by atoms with E-state index in [-0.39, 0.29) is 11.3 Å². The van der Waals surface area contributed by atoms with E-state index in [1.165, 1.54) is 18.2 Å². The summed E-state index contributed by atoms with van der Waals surface area (Å²) < 4.78 is 29.2. The van der Waals surface area contributed by atoms with Gasteiger partial charge in [-0.15, -0.1) is 0 Å². The van der Waals surface area contributed by atoms with Crippen molar-refractivity contribution >= 4 is 16.7 Å². The van der Waals surface area contributed by atoms with Gasteiger partial charge >= 0.3 is 0 Å². The molecule has 0 atom stereocenters. The van der Waals surface area contributed by atoms with E-state index in [0.29, 0.717) is 11.1 Å². The van der Waals surface area contributed by atoms with Gasteiger partial charge in [0.1, 0.15) is 0 Å². The van der Waals surface area contributed by atoms with Crippen LogP contribution in [-0.4, -0.2) is 5.16 Å². The summed E-state index contributed by atoms with van der Waals surface area (Å²) in [4.78, 5) is 0. The highest BCUT2D eigenvalue weighted by molar-refractivity contribution is 5.82. The predicted octanol–water partition coefficient (Wildman–Crippen LogP) is 2.35. The Labute approximate surface area is 72.1 Å². The molecule has 3 nitrogen and oxygen atoms in total. The second-order valence-corrected chi connectivity index (χ2v) is 2.62. The van der Waals surface area contributed by atoms with Gasteiger partial charge in [0.05, 0.1) is 5.39 Å². The second-order valence-electron chi connectivity index (χ2n) is 2.62. The standard InChI is InChI=1S/C8H6F2N2O/c9-8(10)7-5-2-1-4(11)3-6(5)13-12-7/h1-3,8H,11H2. The van der Waals surface area contributed by atoms with Gasteiger partial charge in [-0.2, -0.15) is 0 Å². The van der Waals surface area contributed by atoms with Crippen LogP contribution in [0.15, 0.2) is 22.7 Å². The number of nitrogens with two attached hydrogens (primary N) is 1. The number of halogens is 2. The summed E-state index contributed by atoms with van der Waals surface area (Å²) in [5.74, 6) is 0. The quantitative estimate of drug-likeness (QED) is 0.692. The van der Waals surface area contributed by atoms with Crippen molar-refractivity contribution in [1.29, 1.82) is 0 Å². The van der Waals surface area contributed by atoms with E-state index >= 15 is 0 Å². The summed E-state index contributed by atoms with van der Waals surface area (Å²) in [6, 6.07) is 4.47. The van der Waals surface area contributed by atoms with Crippen LogP contribution < -0.4 is 5.73 Å². The molecule has 5 heteroatoms. The highest BCUT2D eigenvalue weighted by atomic mass is 19.3. The van der Waals surface area contributed by atoms with Crippen molar-refractivity contribution in [2.75, 3.05) is 5.73 Å². The van der Waals surface area contributed by atoms with Gasteiger partial charge < -0.3 is 10.3 Å². The molecule has 0 saturated carbocycles. The summed E-state index contributed by atoms with van der Waals surface area (Å²) in [6.07, 6.45) is -2.62. The normalized spacial score (nSPS) is 11.3. The van der Waals surface area contributed by atoms with E-state index in [1.54, 1.807) is 0 Å².